The van der Waals surface area contributed by atoms with Gasteiger partial charge in [0.15, 0.2) is 11.0 Å². The summed E-state index contributed by atoms with van der Waals surface area (Å²) in [7, 11) is 0. The van der Waals surface area contributed by atoms with Crippen molar-refractivity contribution in [2.45, 2.75) is 57.5 Å². The number of aromatic nitrogens is 3. The van der Waals surface area contributed by atoms with Gasteiger partial charge in [0.25, 0.3) is 0 Å². The topological polar surface area (TPSA) is 59.8 Å². The zero-order valence-corrected chi connectivity index (χ0v) is 19.5. The summed E-state index contributed by atoms with van der Waals surface area (Å²) in [4.78, 5) is 13.0. The van der Waals surface area contributed by atoms with Crippen LogP contribution in [0.5, 0.6) is 0 Å². The quantitative estimate of drug-likeness (QED) is 0.444. The SMILES string of the molecule is CCn1c(SC(C)C(=O)Nc2c(C)cccc2C(C)C)nnc1-c1ccc(Cl)cc1. The van der Waals surface area contributed by atoms with Crippen LogP contribution >= 0.6 is 23.4 Å². The van der Waals surface area contributed by atoms with Gasteiger partial charge in [-0.25, -0.2) is 0 Å². The fourth-order valence-corrected chi connectivity index (χ4v) is 4.29. The van der Waals surface area contributed by atoms with E-state index in [1.54, 1.807) is 0 Å². The zero-order chi connectivity index (χ0) is 21.8. The lowest BCUT2D eigenvalue weighted by atomic mass is 9.98. The monoisotopic (exact) mass is 442 g/mol. The van der Waals surface area contributed by atoms with Crippen LogP contribution in [0.3, 0.4) is 0 Å². The second kappa shape index (κ2) is 9.67. The Hall–Kier alpha value is -2.31. The molecule has 158 valence electrons. The van der Waals surface area contributed by atoms with Gasteiger partial charge in [0.1, 0.15) is 0 Å². The highest BCUT2D eigenvalue weighted by atomic mass is 35.5. The average Bonchev–Trinajstić information content (AvgIpc) is 3.12. The molecule has 0 fully saturated rings. The van der Waals surface area contributed by atoms with Crippen molar-refractivity contribution in [2.24, 2.45) is 0 Å². The van der Waals surface area contributed by atoms with Crippen molar-refractivity contribution in [2.75, 3.05) is 5.32 Å². The van der Waals surface area contributed by atoms with E-state index in [2.05, 4.69) is 35.4 Å². The van der Waals surface area contributed by atoms with Gasteiger partial charge in [0.05, 0.1) is 5.25 Å². The van der Waals surface area contributed by atoms with Crippen LogP contribution in [0, 0.1) is 6.92 Å². The lowest BCUT2D eigenvalue weighted by Crippen LogP contribution is -2.24. The van der Waals surface area contributed by atoms with E-state index in [-0.39, 0.29) is 11.2 Å². The number of hydrogen-bond donors (Lipinski definition) is 1. The highest BCUT2D eigenvalue weighted by molar-refractivity contribution is 8.00. The van der Waals surface area contributed by atoms with Crippen LogP contribution in [-0.4, -0.2) is 25.9 Å². The largest absolute Gasteiger partial charge is 0.325 e. The van der Waals surface area contributed by atoms with Gasteiger partial charge in [-0.15, -0.1) is 10.2 Å². The molecule has 5 nitrogen and oxygen atoms in total. The minimum atomic E-state index is -0.322. The number of anilines is 1. The molecule has 0 aliphatic carbocycles. The predicted molar refractivity (Wildman–Crippen MR) is 125 cm³/mol. The Morgan fingerprint density at radius 1 is 1.13 bits per heavy atom. The van der Waals surface area contributed by atoms with E-state index >= 15 is 0 Å². The van der Waals surface area contributed by atoms with Crippen molar-refractivity contribution in [1.82, 2.24) is 14.8 Å². The molecule has 3 rings (SSSR count). The summed E-state index contributed by atoms with van der Waals surface area (Å²) in [5.74, 6) is 1.05. The van der Waals surface area contributed by atoms with Gasteiger partial charge < -0.3 is 9.88 Å². The molecule has 0 aliphatic heterocycles. The lowest BCUT2D eigenvalue weighted by Gasteiger charge is -2.18. The van der Waals surface area contributed by atoms with Crippen LogP contribution in [-0.2, 0) is 11.3 Å². The maximum absolute atomic E-state index is 13.0. The Balaban J connectivity index is 1.79. The van der Waals surface area contributed by atoms with Gasteiger partial charge in [0.2, 0.25) is 5.91 Å². The number of rotatable bonds is 7. The van der Waals surface area contributed by atoms with Crippen LogP contribution in [0.4, 0.5) is 5.69 Å². The third-order valence-electron chi connectivity index (χ3n) is 4.96. The van der Waals surface area contributed by atoms with Crippen molar-refractivity contribution in [3.8, 4) is 11.4 Å². The minimum Gasteiger partial charge on any atom is -0.325 e. The smallest absolute Gasteiger partial charge is 0.237 e. The van der Waals surface area contributed by atoms with E-state index < -0.39 is 0 Å². The highest BCUT2D eigenvalue weighted by Gasteiger charge is 2.22. The average molecular weight is 443 g/mol. The number of benzene rings is 2. The molecule has 1 amide bonds. The second-order valence-corrected chi connectivity index (χ2v) is 9.24. The van der Waals surface area contributed by atoms with Gasteiger partial charge in [0, 0.05) is 22.8 Å². The molecule has 0 saturated carbocycles. The number of para-hydroxylation sites is 1. The molecule has 1 N–H and O–H groups in total. The molecule has 0 saturated heterocycles. The number of thioether (sulfide) groups is 1. The summed E-state index contributed by atoms with van der Waals surface area (Å²) in [5.41, 5.74) is 4.05. The Kier molecular flexibility index (Phi) is 7.21. The molecule has 0 bridgehead atoms. The van der Waals surface area contributed by atoms with Gasteiger partial charge in [-0.05, 0) is 62.1 Å². The normalized spacial score (nSPS) is 12.2. The first-order chi connectivity index (χ1) is 14.3. The Labute approximate surface area is 187 Å². The van der Waals surface area contributed by atoms with Crippen LogP contribution < -0.4 is 5.32 Å². The minimum absolute atomic E-state index is 0.0464. The van der Waals surface area contributed by atoms with Crippen molar-refractivity contribution in [3.05, 3.63) is 58.6 Å². The van der Waals surface area contributed by atoms with Gasteiger partial charge in [-0.3, -0.25) is 4.79 Å². The first-order valence-corrected chi connectivity index (χ1v) is 11.3. The summed E-state index contributed by atoms with van der Waals surface area (Å²) in [6.07, 6.45) is 0. The van der Waals surface area contributed by atoms with Crippen LogP contribution in [0.1, 0.15) is 44.7 Å². The summed E-state index contributed by atoms with van der Waals surface area (Å²) in [5, 5.41) is 12.9. The van der Waals surface area contributed by atoms with Crippen LogP contribution in [0.15, 0.2) is 47.6 Å². The van der Waals surface area contributed by atoms with Gasteiger partial charge in [-0.2, -0.15) is 0 Å². The van der Waals surface area contributed by atoms with E-state index in [4.69, 9.17) is 11.6 Å². The number of amides is 1. The highest BCUT2D eigenvalue weighted by Crippen LogP contribution is 2.30. The summed E-state index contributed by atoms with van der Waals surface area (Å²) in [6, 6.07) is 13.6. The molecule has 7 heteroatoms. The number of nitrogens with one attached hydrogen (secondary N) is 1. The molecular weight excluding hydrogens is 416 g/mol. The number of aryl methyl sites for hydroxylation is 1. The maximum atomic E-state index is 13.0. The summed E-state index contributed by atoms with van der Waals surface area (Å²) < 4.78 is 2.02. The Morgan fingerprint density at radius 2 is 1.83 bits per heavy atom. The Bertz CT molecular complexity index is 1030. The van der Waals surface area contributed by atoms with E-state index in [0.29, 0.717) is 17.5 Å². The Morgan fingerprint density at radius 3 is 2.47 bits per heavy atom. The number of hydrogen-bond acceptors (Lipinski definition) is 4. The number of nitrogens with zero attached hydrogens (tertiary/aromatic N) is 3. The van der Waals surface area contributed by atoms with Crippen LogP contribution in [0.2, 0.25) is 5.02 Å². The number of carbonyl (C=O) groups excluding carboxylic acids is 1. The second-order valence-electron chi connectivity index (χ2n) is 7.50. The predicted octanol–water partition coefficient (Wildman–Crippen LogP) is 6.17. The van der Waals surface area contributed by atoms with Crippen molar-refractivity contribution in [3.63, 3.8) is 0 Å². The third kappa shape index (κ3) is 4.87. The van der Waals surface area contributed by atoms with Crippen molar-refractivity contribution in [1.29, 1.82) is 0 Å². The molecule has 2 aromatic carbocycles. The molecule has 3 aromatic rings. The van der Waals surface area contributed by atoms with E-state index in [9.17, 15) is 4.79 Å². The third-order valence-corrected chi connectivity index (χ3v) is 6.29. The van der Waals surface area contributed by atoms with E-state index in [1.165, 1.54) is 11.8 Å². The molecule has 30 heavy (non-hydrogen) atoms. The number of halogens is 1. The van der Waals surface area contributed by atoms with E-state index in [0.717, 1.165) is 33.4 Å². The number of carbonyl (C=O) groups is 1. The molecule has 1 heterocycles. The molecule has 1 unspecified atom stereocenters. The molecule has 0 radical (unpaired) electrons. The fraction of sp³-hybridized carbons (Fsp3) is 0.348. The van der Waals surface area contributed by atoms with Gasteiger partial charge in [-0.1, -0.05) is 55.4 Å². The standard InChI is InChI=1S/C23H27ClN4OS/c1-6-28-21(17-10-12-18(24)13-11-17)26-27-23(28)30-16(5)22(29)25-20-15(4)8-7-9-19(20)14(2)3/h7-14,16H,6H2,1-5H3,(H,25,29). The van der Waals surface area contributed by atoms with Crippen LogP contribution in [0.25, 0.3) is 11.4 Å². The molecule has 1 atom stereocenters. The zero-order valence-electron chi connectivity index (χ0n) is 17.9. The first kappa shape index (κ1) is 22.4. The van der Waals surface area contributed by atoms with E-state index in [1.807, 2.05) is 61.7 Å². The molecular formula is C23H27ClN4OS. The first-order valence-electron chi connectivity index (χ1n) is 10.1. The lowest BCUT2D eigenvalue weighted by molar-refractivity contribution is -0.115. The maximum Gasteiger partial charge on any atom is 0.237 e. The fourth-order valence-electron chi connectivity index (χ4n) is 3.25. The van der Waals surface area contributed by atoms with Gasteiger partial charge >= 0.3 is 0 Å². The van der Waals surface area contributed by atoms with Crippen molar-refractivity contribution >= 4 is 35.0 Å². The van der Waals surface area contributed by atoms with Crippen molar-refractivity contribution < 1.29 is 4.79 Å². The summed E-state index contributed by atoms with van der Waals surface area (Å²) >= 11 is 7.41. The molecule has 1 aromatic heterocycles. The molecule has 0 aliphatic rings. The summed E-state index contributed by atoms with van der Waals surface area (Å²) in [6.45, 7) is 10.9. The molecule has 0 spiro atoms.